The first kappa shape index (κ1) is 14.4. The predicted molar refractivity (Wildman–Crippen MR) is 79.6 cm³/mol. The van der Waals surface area contributed by atoms with Crippen LogP contribution < -0.4 is 10.6 Å². The minimum absolute atomic E-state index is 0.630. The zero-order valence-corrected chi connectivity index (χ0v) is 12.5. The van der Waals surface area contributed by atoms with Crippen molar-refractivity contribution in [2.24, 2.45) is 0 Å². The third-order valence-electron chi connectivity index (χ3n) is 2.18. The van der Waals surface area contributed by atoms with Gasteiger partial charge in [-0.3, -0.25) is 0 Å². The van der Waals surface area contributed by atoms with Crippen molar-refractivity contribution in [3.63, 3.8) is 0 Å². The quantitative estimate of drug-likeness (QED) is 0.646. The van der Waals surface area contributed by atoms with Gasteiger partial charge in [0.15, 0.2) is 5.11 Å². The lowest BCUT2D eigenvalue weighted by Crippen LogP contribution is -2.29. The lowest BCUT2D eigenvalue weighted by molar-refractivity contribution is 0.196. The van der Waals surface area contributed by atoms with Crippen molar-refractivity contribution in [3.05, 3.63) is 28.2 Å². The smallest absolute Gasteiger partial charge is 0.170 e. The first-order valence-electron chi connectivity index (χ1n) is 5.43. The average Bonchev–Trinajstić information content (AvgIpc) is 2.28. The molecule has 0 fully saturated rings. The molecule has 0 saturated heterocycles. The standard InChI is InChI=1S/C12H17BrN2OS/c1-9-4-5-11(10(13)8-9)15-12(17)14-6-3-7-16-2/h4-5,8H,3,6-7H2,1-2H3,(H2,14,15,17). The van der Waals surface area contributed by atoms with E-state index >= 15 is 0 Å². The minimum atomic E-state index is 0.630. The van der Waals surface area contributed by atoms with Gasteiger partial charge in [-0.25, -0.2) is 0 Å². The van der Waals surface area contributed by atoms with Gasteiger partial charge in [-0.05, 0) is 59.2 Å². The molecule has 3 nitrogen and oxygen atoms in total. The summed E-state index contributed by atoms with van der Waals surface area (Å²) in [6.45, 7) is 3.60. The number of halogens is 1. The molecule has 0 atom stereocenters. The summed E-state index contributed by atoms with van der Waals surface area (Å²) in [6, 6.07) is 6.10. The van der Waals surface area contributed by atoms with E-state index in [0.717, 1.165) is 29.7 Å². The second kappa shape index (κ2) is 7.63. The highest BCUT2D eigenvalue weighted by atomic mass is 79.9. The maximum absolute atomic E-state index is 5.19. The Labute approximate surface area is 116 Å². The van der Waals surface area contributed by atoms with E-state index in [1.165, 1.54) is 5.56 Å². The number of rotatable bonds is 5. The van der Waals surface area contributed by atoms with Crippen LogP contribution in [0.5, 0.6) is 0 Å². The van der Waals surface area contributed by atoms with E-state index in [1.807, 2.05) is 12.1 Å². The number of thiocarbonyl (C=S) groups is 1. The summed E-state index contributed by atoms with van der Waals surface area (Å²) in [7, 11) is 1.69. The number of benzene rings is 1. The van der Waals surface area contributed by atoms with Crippen LogP contribution in [-0.2, 0) is 4.74 Å². The van der Waals surface area contributed by atoms with Gasteiger partial charge in [0, 0.05) is 24.7 Å². The van der Waals surface area contributed by atoms with Gasteiger partial charge in [0.1, 0.15) is 0 Å². The maximum Gasteiger partial charge on any atom is 0.170 e. The van der Waals surface area contributed by atoms with Crippen LogP contribution in [0.25, 0.3) is 0 Å². The van der Waals surface area contributed by atoms with E-state index in [9.17, 15) is 0 Å². The van der Waals surface area contributed by atoms with Gasteiger partial charge in [0.2, 0.25) is 0 Å². The number of aryl methyl sites for hydroxylation is 1. The summed E-state index contributed by atoms with van der Waals surface area (Å²) in [5.74, 6) is 0. The summed E-state index contributed by atoms with van der Waals surface area (Å²) in [5.41, 5.74) is 2.18. The molecule has 2 N–H and O–H groups in total. The van der Waals surface area contributed by atoms with Gasteiger partial charge >= 0.3 is 0 Å². The fourth-order valence-electron chi connectivity index (χ4n) is 1.31. The van der Waals surface area contributed by atoms with Crippen LogP contribution in [0.15, 0.2) is 22.7 Å². The molecule has 0 spiro atoms. The Morgan fingerprint density at radius 2 is 2.24 bits per heavy atom. The zero-order chi connectivity index (χ0) is 12.7. The third-order valence-corrected chi connectivity index (χ3v) is 3.09. The molecule has 0 heterocycles. The highest BCUT2D eigenvalue weighted by molar-refractivity contribution is 9.10. The molecule has 17 heavy (non-hydrogen) atoms. The largest absolute Gasteiger partial charge is 0.385 e. The molecule has 0 aliphatic heterocycles. The topological polar surface area (TPSA) is 33.3 Å². The van der Waals surface area contributed by atoms with Crippen molar-refractivity contribution in [1.29, 1.82) is 0 Å². The number of ether oxygens (including phenoxy) is 1. The van der Waals surface area contributed by atoms with Crippen LogP contribution in [0.4, 0.5) is 5.69 Å². The molecule has 5 heteroatoms. The fourth-order valence-corrected chi connectivity index (χ4v) is 2.11. The van der Waals surface area contributed by atoms with Gasteiger partial charge < -0.3 is 15.4 Å². The summed E-state index contributed by atoms with van der Waals surface area (Å²) < 4.78 is 5.98. The van der Waals surface area contributed by atoms with E-state index < -0.39 is 0 Å². The molecule has 94 valence electrons. The molecule has 0 amide bonds. The molecule has 0 saturated carbocycles. The molecule has 0 radical (unpaired) electrons. The average molecular weight is 317 g/mol. The Morgan fingerprint density at radius 1 is 1.47 bits per heavy atom. The summed E-state index contributed by atoms with van der Waals surface area (Å²) >= 11 is 8.69. The Hall–Kier alpha value is -0.650. The minimum Gasteiger partial charge on any atom is -0.385 e. The van der Waals surface area contributed by atoms with Gasteiger partial charge in [-0.1, -0.05) is 6.07 Å². The molecule has 1 rings (SSSR count). The van der Waals surface area contributed by atoms with Crippen molar-refractivity contribution in [2.45, 2.75) is 13.3 Å². The maximum atomic E-state index is 5.19. The molecule has 0 aliphatic carbocycles. The lowest BCUT2D eigenvalue weighted by Gasteiger charge is -2.12. The van der Waals surface area contributed by atoms with Crippen molar-refractivity contribution in [2.75, 3.05) is 25.6 Å². The molecule has 0 aliphatic rings. The second-order valence-corrected chi connectivity index (χ2v) is 4.97. The Morgan fingerprint density at radius 3 is 2.88 bits per heavy atom. The van der Waals surface area contributed by atoms with Crippen molar-refractivity contribution >= 4 is 38.9 Å². The summed E-state index contributed by atoms with van der Waals surface area (Å²) in [5, 5.41) is 6.90. The zero-order valence-electron chi connectivity index (χ0n) is 10.0. The molecule has 0 aromatic heterocycles. The predicted octanol–water partition coefficient (Wildman–Crippen LogP) is 3.08. The van der Waals surface area contributed by atoms with Crippen LogP contribution in [-0.4, -0.2) is 25.4 Å². The third kappa shape index (κ3) is 5.48. The van der Waals surface area contributed by atoms with Crippen molar-refractivity contribution < 1.29 is 4.74 Å². The summed E-state index contributed by atoms with van der Waals surface area (Å²) in [6.07, 6.45) is 0.938. The Balaban J connectivity index is 2.40. The van der Waals surface area contributed by atoms with E-state index in [2.05, 4.69) is 39.6 Å². The number of hydrogen-bond acceptors (Lipinski definition) is 2. The molecule has 0 unspecified atom stereocenters. The fraction of sp³-hybridized carbons (Fsp3) is 0.417. The first-order valence-corrected chi connectivity index (χ1v) is 6.63. The summed E-state index contributed by atoms with van der Waals surface area (Å²) in [4.78, 5) is 0. The van der Waals surface area contributed by atoms with Crippen LogP contribution in [0.1, 0.15) is 12.0 Å². The number of nitrogens with one attached hydrogen (secondary N) is 2. The lowest BCUT2D eigenvalue weighted by atomic mass is 10.2. The normalized spacial score (nSPS) is 10.1. The van der Waals surface area contributed by atoms with Crippen LogP contribution in [0.2, 0.25) is 0 Å². The van der Waals surface area contributed by atoms with Crippen LogP contribution >= 0.6 is 28.1 Å². The first-order chi connectivity index (χ1) is 8.13. The molecular weight excluding hydrogens is 300 g/mol. The van der Waals surface area contributed by atoms with E-state index in [4.69, 9.17) is 17.0 Å². The number of methoxy groups -OCH3 is 1. The number of anilines is 1. The number of hydrogen-bond donors (Lipinski definition) is 2. The van der Waals surface area contributed by atoms with Gasteiger partial charge in [-0.2, -0.15) is 0 Å². The highest BCUT2D eigenvalue weighted by Gasteiger charge is 2.01. The van der Waals surface area contributed by atoms with E-state index in [1.54, 1.807) is 7.11 Å². The Bertz CT molecular complexity index is 385. The van der Waals surface area contributed by atoms with E-state index in [0.29, 0.717) is 5.11 Å². The van der Waals surface area contributed by atoms with Crippen LogP contribution in [0, 0.1) is 6.92 Å². The van der Waals surface area contributed by atoms with Gasteiger partial charge in [0.05, 0.1) is 5.69 Å². The SMILES string of the molecule is COCCCNC(=S)Nc1ccc(C)cc1Br. The molecule has 0 bridgehead atoms. The van der Waals surface area contributed by atoms with E-state index in [-0.39, 0.29) is 0 Å². The molecule has 1 aromatic rings. The monoisotopic (exact) mass is 316 g/mol. The molecular formula is C12H17BrN2OS. The highest BCUT2D eigenvalue weighted by Crippen LogP contribution is 2.23. The van der Waals surface area contributed by atoms with Crippen molar-refractivity contribution in [1.82, 2.24) is 5.32 Å². The van der Waals surface area contributed by atoms with Crippen LogP contribution in [0.3, 0.4) is 0 Å². The molecule has 1 aromatic carbocycles. The van der Waals surface area contributed by atoms with Gasteiger partial charge in [-0.15, -0.1) is 0 Å². The Kier molecular flexibility index (Phi) is 6.47. The van der Waals surface area contributed by atoms with Gasteiger partial charge in [0.25, 0.3) is 0 Å². The van der Waals surface area contributed by atoms with Crippen molar-refractivity contribution in [3.8, 4) is 0 Å². The second-order valence-electron chi connectivity index (χ2n) is 3.71.